The highest BCUT2D eigenvalue weighted by atomic mass is 35.5. The van der Waals surface area contributed by atoms with Crippen LogP contribution in [0.15, 0.2) is 42.6 Å². The van der Waals surface area contributed by atoms with Crippen LogP contribution in [0.25, 0.3) is 11.1 Å². The van der Waals surface area contributed by atoms with E-state index in [1.807, 2.05) is 6.07 Å². The van der Waals surface area contributed by atoms with E-state index in [2.05, 4.69) is 4.98 Å². The third kappa shape index (κ3) is 3.00. The van der Waals surface area contributed by atoms with Crippen LogP contribution in [-0.2, 0) is 0 Å². The molecular weight excluding hydrogens is 412 g/mol. The molecule has 150 valence electrons. The van der Waals surface area contributed by atoms with E-state index in [9.17, 15) is 18.8 Å². The van der Waals surface area contributed by atoms with Crippen molar-refractivity contribution in [2.45, 2.75) is 6.92 Å². The van der Waals surface area contributed by atoms with Gasteiger partial charge in [0.1, 0.15) is 11.5 Å². The number of aromatic nitrogens is 1. The van der Waals surface area contributed by atoms with Crippen LogP contribution in [0, 0.1) is 23.0 Å². The van der Waals surface area contributed by atoms with Crippen molar-refractivity contribution in [3.8, 4) is 17.2 Å². The Balaban J connectivity index is 2.11. The van der Waals surface area contributed by atoms with Gasteiger partial charge in [-0.05, 0) is 37.3 Å². The van der Waals surface area contributed by atoms with Crippen LogP contribution in [0.4, 0.5) is 36.5 Å². The number of urea groups is 1. The number of hydrogen-bond acceptors (Lipinski definition) is 4. The molecule has 4 rings (SSSR count). The number of anilines is 4. The van der Waals surface area contributed by atoms with Crippen molar-refractivity contribution in [1.29, 1.82) is 5.26 Å². The monoisotopic (exact) mass is 425 g/mol. The van der Waals surface area contributed by atoms with Crippen molar-refractivity contribution in [3.63, 3.8) is 0 Å². The van der Waals surface area contributed by atoms with E-state index >= 15 is 0 Å². The maximum absolute atomic E-state index is 14.9. The maximum atomic E-state index is 14.9. The van der Waals surface area contributed by atoms with Gasteiger partial charge in [-0.2, -0.15) is 5.26 Å². The molecule has 1 aliphatic heterocycles. The highest BCUT2D eigenvalue weighted by Gasteiger charge is 2.36. The molecule has 0 aliphatic carbocycles. The van der Waals surface area contributed by atoms with Gasteiger partial charge in [-0.3, -0.25) is 9.80 Å². The van der Waals surface area contributed by atoms with Gasteiger partial charge in [-0.1, -0.05) is 17.7 Å². The zero-order valence-electron chi connectivity index (χ0n) is 15.7. The molecule has 2 heterocycles. The number of nitrogens with zero attached hydrogens (tertiary/aromatic N) is 4. The lowest BCUT2D eigenvalue weighted by Gasteiger charge is -2.28. The number of rotatable bonds is 2. The molecule has 0 saturated heterocycles. The highest BCUT2D eigenvalue weighted by Crippen LogP contribution is 2.45. The van der Waals surface area contributed by atoms with Gasteiger partial charge in [-0.15, -0.1) is 0 Å². The van der Waals surface area contributed by atoms with Gasteiger partial charge in [0, 0.05) is 29.6 Å². The Morgan fingerprint density at radius 1 is 1.17 bits per heavy atom. The average molecular weight is 426 g/mol. The topological polar surface area (TPSA) is 86.3 Å². The fourth-order valence-corrected chi connectivity index (χ4v) is 3.63. The van der Waals surface area contributed by atoms with Gasteiger partial charge in [0.25, 0.3) is 0 Å². The first-order valence-corrected chi connectivity index (χ1v) is 9.29. The van der Waals surface area contributed by atoms with Crippen molar-refractivity contribution < 1.29 is 13.6 Å². The predicted molar refractivity (Wildman–Crippen MR) is 111 cm³/mol. The number of carbonyl (C=O) groups is 1. The third-order valence-corrected chi connectivity index (χ3v) is 4.95. The molecule has 0 fully saturated rings. The Labute approximate surface area is 175 Å². The van der Waals surface area contributed by atoms with E-state index in [1.54, 1.807) is 25.1 Å². The molecule has 2 aromatic carbocycles. The summed E-state index contributed by atoms with van der Waals surface area (Å²) in [5, 5.41) is 9.68. The zero-order valence-corrected chi connectivity index (χ0v) is 16.4. The summed E-state index contributed by atoms with van der Waals surface area (Å²) in [6, 6.07) is 9.27. The van der Waals surface area contributed by atoms with Gasteiger partial charge in [0.15, 0.2) is 11.6 Å². The molecule has 0 bridgehead atoms. The summed E-state index contributed by atoms with van der Waals surface area (Å²) in [5.74, 6) is -1.74. The minimum atomic E-state index is -1.01. The molecule has 3 aromatic rings. The van der Waals surface area contributed by atoms with E-state index in [1.165, 1.54) is 17.2 Å². The van der Waals surface area contributed by atoms with Gasteiger partial charge < -0.3 is 5.73 Å². The summed E-state index contributed by atoms with van der Waals surface area (Å²) < 4.78 is 29.7. The first-order chi connectivity index (χ1) is 14.3. The molecule has 0 atom stereocenters. The van der Waals surface area contributed by atoms with E-state index in [0.29, 0.717) is 16.1 Å². The summed E-state index contributed by atoms with van der Waals surface area (Å²) in [6.07, 6.45) is 1.39. The molecule has 0 spiro atoms. The summed E-state index contributed by atoms with van der Waals surface area (Å²) >= 11 is 6.14. The first-order valence-electron chi connectivity index (χ1n) is 8.92. The average Bonchev–Trinajstić information content (AvgIpc) is 2.80. The predicted octanol–water partition coefficient (Wildman–Crippen LogP) is 5.23. The Hall–Kier alpha value is -3.70. The van der Waals surface area contributed by atoms with Crippen molar-refractivity contribution in [2.24, 2.45) is 0 Å². The van der Waals surface area contributed by atoms with E-state index in [4.69, 9.17) is 17.3 Å². The molecular formula is C21H14ClF2N5O. The Kier molecular flexibility index (Phi) is 4.76. The molecule has 0 radical (unpaired) electrons. The molecule has 9 heteroatoms. The molecule has 6 nitrogen and oxygen atoms in total. The number of nitrogen functional groups attached to an aromatic ring is 1. The molecule has 2 N–H and O–H groups in total. The number of halogens is 3. The zero-order chi connectivity index (χ0) is 21.6. The number of pyridine rings is 1. The van der Waals surface area contributed by atoms with Crippen LogP contribution >= 0.6 is 11.6 Å². The highest BCUT2D eigenvalue weighted by molar-refractivity contribution is 6.31. The second kappa shape index (κ2) is 7.28. The second-order valence-electron chi connectivity index (χ2n) is 6.56. The quantitative estimate of drug-likeness (QED) is 0.569. The van der Waals surface area contributed by atoms with Crippen molar-refractivity contribution >= 4 is 40.5 Å². The molecule has 30 heavy (non-hydrogen) atoms. The molecule has 0 saturated carbocycles. The van der Waals surface area contributed by atoms with Crippen LogP contribution in [0.5, 0.6) is 0 Å². The molecule has 1 aromatic heterocycles. The fourth-order valence-electron chi connectivity index (χ4n) is 3.47. The standard InChI is InChI=1S/C21H14ClF2N5O/c1-2-28-20-15(6-12(22)10-27-20)14-4-3-11(9-25)5-18(14)29(21(28)30)19-16(23)7-13(26)8-17(19)24/h3-8,10H,2,26H2,1H3. The largest absolute Gasteiger partial charge is 0.399 e. The minimum Gasteiger partial charge on any atom is -0.399 e. The van der Waals surface area contributed by atoms with Crippen molar-refractivity contribution in [3.05, 3.63) is 64.8 Å². The van der Waals surface area contributed by atoms with E-state index in [-0.39, 0.29) is 29.3 Å². The molecule has 0 unspecified atom stereocenters. The lowest BCUT2D eigenvalue weighted by Crippen LogP contribution is -2.41. The van der Waals surface area contributed by atoms with Crippen LogP contribution in [0.2, 0.25) is 5.02 Å². The fraction of sp³-hybridized carbons (Fsp3) is 0.0952. The van der Waals surface area contributed by atoms with Gasteiger partial charge in [0.05, 0.1) is 22.3 Å². The first kappa shape index (κ1) is 19.6. The Bertz CT molecular complexity index is 1220. The van der Waals surface area contributed by atoms with Crippen LogP contribution in [0.1, 0.15) is 12.5 Å². The Morgan fingerprint density at radius 2 is 1.87 bits per heavy atom. The third-order valence-electron chi connectivity index (χ3n) is 4.75. The maximum Gasteiger partial charge on any atom is 0.334 e. The van der Waals surface area contributed by atoms with Gasteiger partial charge in [-0.25, -0.2) is 18.6 Å². The summed E-state index contributed by atoms with van der Waals surface area (Å²) in [7, 11) is 0. The number of nitriles is 1. The summed E-state index contributed by atoms with van der Waals surface area (Å²) in [6.45, 7) is 1.89. The number of nitrogens with two attached hydrogens (primary N) is 1. The number of hydrogen-bond donors (Lipinski definition) is 1. The SMILES string of the molecule is CCN1C(=O)N(c2c(F)cc(N)cc2F)c2cc(C#N)ccc2-c2cc(Cl)cnc21. The lowest BCUT2D eigenvalue weighted by molar-refractivity contribution is 0.253. The summed E-state index contributed by atoms with van der Waals surface area (Å²) in [4.78, 5) is 20.0. The lowest BCUT2D eigenvalue weighted by atomic mass is 10.0. The molecule has 2 amide bonds. The van der Waals surface area contributed by atoms with Crippen LogP contribution in [-0.4, -0.2) is 17.6 Å². The summed E-state index contributed by atoms with van der Waals surface area (Å²) in [5.41, 5.74) is 6.11. The molecule has 1 aliphatic rings. The van der Waals surface area contributed by atoms with Crippen molar-refractivity contribution in [1.82, 2.24) is 4.98 Å². The normalized spacial score (nSPS) is 12.8. The van der Waals surface area contributed by atoms with Crippen LogP contribution in [0.3, 0.4) is 0 Å². The van der Waals surface area contributed by atoms with Gasteiger partial charge in [0.2, 0.25) is 0 Å². The number of amides is 2. The number of fused-ring (bicyclic) bond motifs is 3. The van der Waals surface area contributed by atoms with Crippen molar-refractivity contribution in [2.75, 3.05) is 22.1 Å². The Morgan fingerprint density at radius 3 is 2.50 bits per heavy atom. The van der Waals surface area contributed by atoms with Crippen LogP contribution < -0.4 is 15.5 Å². The van der Waals surface area contributed by atoms with Gasteiger partial charge >= 0.3 is 6.03 Å². The second-order valence-corrected chi connectivity index (χ2v) is 7.00. The number of benzene rings is 2. The smallest absolute Gasteiger partial charge is 0.334 e. The van der Waals surface area contributed by atoms with E-state index in [0.717, 1.165) is 17.0 Å². The van der Waals surface area contributed by atoms with E-state index < -0.39 is 23.4 Å². The number of carbonyl (C=O) groups excluding carboxylic acids is 1. The minimum absolute atomic E-state index is 0.119.